The summed E-state index contributed by atoms with van der Waals surface area (Å²) < 4.78 is 0.274. The highest BCUT2D eigenvalue weighted by molar-refractivity contribution is 9.10. The fourth-order valence-corrected chi connectivity index (χ4v) is 1.91. The van der Waals surface area contributed by atoms with Gasteiger partial charge in [-0.1, -0.05) is 6.92 Å². The van der Waals surface area contributed by atoms with Gasteiger partial charge in [-0.05, 0) is 34.5 Å². The predicted octanol–water partition coefficient (Wildman–Crippen LogP) is 2.20. The minimum Gasteiger partial charge on any atom is -0.481 e. The minimum absolute atomic E-state index is 0.0193. The molecule has 0 spiro atoms. The number of aliphatic carboxylic acids is 1. The van der Waals surface area contributed by atoms with Crippen molar-refractivity contribution in [2.24, 2.45) is 5.92 Å². The number of hydrogen-bond acceptors (Lipinski definition) is 4. The number of carbonyl (C=O) groups is 2. The van der Waals surface area contributed by atoms with Crippen LogP contribution in [0.4, 0.5) is 5.69 Å². The van der Waals surface area contributed by atoms with Crippen molar-refractivity contribution in [3.05, 3.63) is 38.3 Å². The fraction of sp³-hybridized carbons (Fsp3) is 0.333. The number of halogens is 1. The Bertz CT molecular complexity index is 547. The molecule has 0 aliphatic rings. The maximum Gasteiger partial charge on any atom is 0.308 e. The number of nitro groups is 1. The number of carboxylic acid groups (broad SMARTS) is 1. The first kappa shape index (κ1) is 16.1. The van der Waals surface area contributed by atoms with E-state index in [-0.39, 0.29) is 22.3 Å². The quantitative estimate of drug-likeness (QED) is 0.607. The zero-order chi connectivity index (χ0) is 15.3. The molecule has 7 nitrogen and oxygen atoms in total. The lowest BCUT2D eigenvalue weighted by molar-refractivity contribution is -0.385. The standard InChI is InChI=1S/C12H13BrN2O5/c1-2-7(12(17)18)6-14-11(16)8-3-4-9(13)10(5-8)15(19)20/h3-5,7H,2,6H2,1H3,(H,14,16)(H,17,18). The summed E-state index contributed by atoms with van der Waals surface area (Å²) >= 11 is 3.02. The Kier molecular flexibility index (Phi) is 5.63. The van der Waals surface area contributed by atoms with Crippen LogP contribution in [0.2, 0.25) is 0 Å². The van der Waals surface area contributed by atoms with E-state index in [0.29, 0.717) is 6.42 Å². The number of rotatable bonds is 6. The molecule has 0 aliphatic heterocycles. The summed E-state index contributed by atoms with van der Waals surface area (Å²) in [7, 11) is 0. The second-order valence-electron chi connectivity index (χ2n) is 4.08. The zero-order valence-corrected chi connectivity index (χ0v) is 12.2. The molecule has 8 heteroatoms. The first-order valence-electron chi connectivity index (χ1n) is 5.81. The van der Waals surface area contributed by atoms with Crippen molar-refractivity contribution < 1.29 is 19.6 Å². The Labute approximate surface area is 123 Å². The van der Waals surface area contributed by atoms with Gasteiger partial charge in [0.25, 0.3) is 11.6 Å². The monoisotopic (exact) mass is 344 g/mol. The van der Waals surface area contributed by atoms with Crippen molar-refractivity contribution in [3.8, 4) is 0 Å². The van der Waals surface area contributed by atoms with Gasteiger partial charge >= 0.3 is 5.97 Å². The van der Waals surface area contributed by atoms with Crippen LogP contribution in [0.15, 0.2) is 22.7 Å². The van der Waals surface area contributed by atoms with E-state index < -0.39 is 22.7 Å². The first-order valence-corrected chi connectivity index (χ1v) is 6.61. The maximum absolute atomic E-state index is 11.8. The zero-order valence-electron chi connectivity index (χ0n) is 10.6. The Balaban J connectivity index is 2.80. The molecule has 0 saturated heterocycles. The van der Waals surface area contributed by atoms with E-state index in [1.165, 1.54) is 12.1 Å². The van der Waals surface area contributed by atoms with E-state index in [2.05, 4.69) is 21.2 Å². The third-order valence-corrected chi connectivity index (χ3v) is 3.43. The molecule has 0 radical (unpaired) electrons. The number of nitrogens with one attached hydrogen (secondary N) is 1. The van der Waals surface area contributed by atoms with Gasteiger partial charge in [-0.15, -0.1) is 0 Å². The second-order valence-corrected chi connectivity index (χ2v) is 4.93. The van der Waals surface area contributed by atoms with Crippen LogP contribution < -0.4 is 5.32 Å². The number of hydrogen-bond donors (Lipinski definition) is 2. The number of carbonyl (C=O) groups excluding carboxylic acids is 1. The van der Waals surface area contributed by atoms with Crippen molar-refractivity contribution in [1.82, 2.24) is 5.32 Å². The number of nitrogens with zero attached hydrogens (tertiary/aromatic N) is 1. The highest BCUT2D eigenvalue weighted by Crippen LogP contribution is 2.25. The molecule has 2 N–H and O–H groups in total. The number of nitro benzene ring substituents is 1. The van der Waals surface area contributed by atoms with Crippen molar-refractivity contribution >= 4 is 33.5 Å². The summed E-state index contributed by atoms with van der Waals surface area (Å²) in [5.41, 5.74) is -0.108. The molecule has 1 unspecified atom stereocenters. The van der Waals surface area contributed by atoms with Crippen LogP contribution in [0.5, 0.6) is 0 Å². The van der Waals surface area contributed by atoms with E-state index in [1.807, 2.05) is 0 Å². The molecule has 0 aliphatic carbocycles. The highest BCUT2D eigenvalue weighted by atomic mass is 79.9. The molecule has 1 rings (SSSR count). The minimum atomic E-state index is -0.991. The van der Waals surface area contributed by atoms with E-state index in [4.69, 9.17) is 5.11 Å². The molecule has 0 bridgehead atoms. The molecule has 1 aromatic rings. The van der Waals surface area contributed by atoms with Crippen LogP contribution in [0.3, 0.4) is 0 Å². The largest absolute Gasteiger partial charge is 0.481 e. The van der Waals surface area contributed by atoms with Gasteiger partial charge in [0.05, 0.1) is 15.3 Å². The molecule has 1 aromatic carbocycles. The Morgan fingerprint density at radius 3 is 2.65 bits per heavy atom. The Hall–Kier alpha value is -1.96. The Morgan fingerprint density at radius 1 is 1.50 bits per heavy atom. The lowest BCUT2D eigenvalue weighted by Gasteiger charge is -2.11. The maximum atomic E-state index is 11.8. The van der Waals surface area contributed by atoms with Gasteiger partial charge in [0, 0.05) is 18.2 Å². The molecule has 0 fully saturated rings. The van der Waals surface area contributed by atoms with Gasteiger partial charge < -0.3 is 10.4 Å². The molecule has 0 saturated carbocycles. The number of amides is 1. The van der Waals surface area contributed by atoms with Crippen LogP contribution >= 0.6 is 15.9 Å². The second kappa shape index (κ2) is 6.99. The molecule has 1 atom stereocenters. The molecule has 0 aromatic heterocycles. The van der Waals surface area contributed by atoms with Gasteiger partial charge in [0.15, 0.2) is 0 Å². The molecule has 20 heavy (non-hydrogen) atoms. The van der Waals surface area contributed by atoms with E-state index in [9.17, 15) is 19.7 Å². The smallest absolute Gasteiger partial charge is 0.308 e. The van der Waals surface area contributed by atoms with Gasteiger partial charge in [0.2, 0.25) is 0 Å². The van der Waals surface area contributed by atoms with Crippen LogP contribution in [0.25, 0.3) is 0 Å². The van der Waals surface area contributed by atoms with Crippen molar-refractivity contribution in [2.45, 2.75) is 13.3 Å². The summed E-state index contributed by atoms with van der Waals surface area (Å²) in [5, 5.41) is 22.1. The highest BCUT2D eigenvalue weighted by Gasteiger charge is 2.19. The predicted molar refractivity (Wildman–Crippen MR) is 74.5 cm³/mol. The van der Waals surface area contributed by atoms with E-state index in [0.717, 1.165) is 6.07 Å². The van der Waals surface area contributed by atoms with Crippen LogP contribution in [0, 0.1) is 16.0 Å². The van der Waals surface area contributed by atoms with Crippen LogP contribution in [-0.2, 0) is 4.79 Å². The van der Waals surface area contributed by atoms with Crippen molar-refractivity contribution in [2.75, 3.05) is 6.54 Å². The van der Waals surface area contributed by atoms with Gasteiger partial charge in [-0.3, -0.25) is 19.7 Å². The third-order valence-electron chi connectivity index (χ3n) is 2.76. The van der Waals surface area contributed by atoms with Crippen LogP contribution in [0.1, 0.15) is 23.7 Å². The average molecular weight is 345 g/mol. The summed E-state index contributed by atoms with van der Waals surface area (Å²) in [6.45, 7) is 1.68. The van der Waals surface area contributed by atoms with Crippen molar-refractivity contribution in [1.29, 1.82) is 0 Å². The third kappa shape index (κ3) is 4.02. The average Bonchev–Trinajstić information content (AvgIpc) is 2.38. The fourth-order valence-electron chi connectivity index (χ4n) is 1.52. The number of carboxylic acids is 1. The normalized spacial score (nSPS) is 11.7. The van der Waals surface area contributed by atoms with Gasteiger partial charge in [-0.25, -0.2) is 0 Å². The first-order chi connectivity index (χ1) is 9.36. The van der Waals surface area contributed by atoms with E-state index in [1.54, 1.807) is 6.92 Å². The Morgan fingerprint density at radius 2 is 2.15 bits per heavy atom. The molecule has 1 amide bonds. The van der Waals surface area contributed by atoms with Crippen molar-refractivity contribution in [3.63, 3.8) is 0 Å². The summed E-state index contributed by atoms with van der Waals surface area (Å²) in [5.74, 6) is -2.21. The van der Waals surface area contributed by atoms with Gasteiger partial charge in [0.1, 0.15) is 0 Å². The molecular formula is C12H13BrN2O5. The molecular weight excluding hydrogens is 332 g/mol. The molecule has 108 valence electrons. The number of benzene rings is 1. The van der Waals surface area contributed by atoms with Crippen LogP contribution in [-0.4, -0.2) is 28.5 Å². The van der Waals surface area contributed by atoms with Gasteiger partial charge in [-0.2, -0.15) is 0 Å². The summed E-state index contributed by atoms with van der Waals surface area (Å²) in [6, 6.07) is 3.97. The molecule has 0 heterocycles. The van der Waals surface area contributed by atoms with E-state index >= 15 is 0 Å². The SMILES string of the molecule is CCC(CNC(=O)c1ccc(Br)c([N+](=O)[O-])c1)C(=O)O. The lowest BCUT2D eigenvalue weighted by atomic mass is 10.1. The summed E-state index contributed by atoms with van der Waals surface area (Å²) in [4.78, 5) is 32.8. The summed E-state index contributed by atoms with van der Waals surface area (Å²) in [6.07, 6.45) is 0.385. The topological polar surface area (TPSA) is 110 Å². The lowest BCUT2D eigenvalue weighted by Crippen LogP contribution is -2.32.